The van der Waals surface area contributed by atoms with E-state index in [0.29, 0.717) is 36.7 Å². The summed E-state index contributed by atoms with van der Waals surface area (Å²) in [5.41, 5.74) is 0. The van der Waals surface area contributed by atoms with E-state index in [1.54, 1.807) is 13.0 Å². The maximum Gasteiger partial charge on any atom is 0.306 e. The van der Waals surface area contributed by atoms with Gasteiger partial charge < -0.3 is 19.3 Å². The minimum atomic E-state index is -3.18. The Balaban J connectivity index is 2.22. The Labute approximate surface area is 197 Å². The topological polar surface area (TPSA) is 65.0 Å². The molecule has 0 spiro atoms. The number of aliphatic hydroxyl groups is 1. The highest BCUT2D eigenvalue weighted by Crippen LogP contribution is 2.41. The van der Waals surface area contributed by atoms with Crippen molar-refractivity contribution in [1.82, 2.24) is 0 Å². The fourth-order valence-electron chi connectivity index (χ4n) is 4.25. The number of halogens is 3. The molecule has 1 fully saturated rings. The molecule has 1 aliphatic heterocycles. The van der Waals surface area contributed by atoms with Crippen molar-refractivity contribution in [2.24, 2.45) is 11.8 Å². The number of esters is 1. The SMILES string of the molecule is CCOC(C)O[C@@H]1CC2OC(=O)CCC/C=C\CC2[C@H]1/C=C/[C@@H](O)C(F)(F)CCCI. The maximum atomic E-state index is 14.3. The number of alkyl halides is 3. The average molecular weight is 556 g/mol. The number of fused-ring (bicyclic) bond motifs is 1. The molecule has 0 saturated heterocycles. The van der Waals surface area contributed by atoms with Gasteiger partial charge in [-0.1, -0.05) is 46.9 Å². The third-order valence-corrected chi connectivity index (χ3v) is 6.60. The molecular weight excluding hydrogens is 521 g/mol. The number of rotatable bonds is 10. The van der Waals surface area contributed by atoms with Crippen molar-refractivity contribution < 1.29 is 32.9 Å². The van der Waals surface area contributed by atoms with Gasteiger partial charge in [0.15, 0.2) is 6.29 Å². The zero-order valence-electron chi connectivity index (χ0n) is 18.4. The highest BCUT2D eigenvalue weighted by atomic mass is 127. The van der Waals surface area contributed by atoms with Crippen molar-refractivity contribution in [2.45, 2.75) is 89.3 Å². The van der Waals surface area contributed by atoms with Crippen molar-refractivity contribution in [2.75, 3.05) is 11.0 Å². The van der Waals surface area contributed by atoms with E-state index in [4.69, 9.17) is 14.2 Å². The number of hydrogen-bond donors (Lipinski definition) is 1. The zero-order valence-corrected chi connectivity index (χ0v) is 20.5. The predicted octanol–water partition coefficient (Wildman–Crippen LogP) is 5.20. The zero-order chi connectivity index (χ0) is 22.9. The smallest absolute Gasteiger partial charge is 0.306 e. The number of allylic oxidation sites excluding steroid dienone is 2. The lowest BCUT2D eigenvalue weighted by atomic mass is 9.89. The Morgan fingerprint density at radius 3 is 2.90 bits per heavy atom. The normalized spacial score (nSPS) is 30.6. The standard InChI is InChI=1S/C23H35F2IO5/c1-3-29-16(2)30-19-15-20-17(9-6-4-5-7-10-22(28)31-20)18(19)11-12-21(27)23(24,25)13-8-14-26/h4,6,11-12,16-21,27H,3,5,7-10,13-15H2,1-2H3/b6-4-,12-11+/t16?,17?,18-,19-,20?,21-/m1/s1. The minimum Gasteiger partial charge on any atom is -0.462 e. The lowest BCUT2D eigenvalue weighted by Crippen LogP contribution is -2.33. The van der Waals surface area contributed by atoms with Crippen molar-refractivity contribution in [3.05, 3.63) is 24.3 Å². The summed E-state index contributed by atoms with van der Waals surface area (Å²) in [5, 5.41) is 10.1. The summed E-state index contributed by atoms with van der Waals surface area (Å²) in [6.07, 6.45) is 6.89. The van der Waals surface area contributed by atoms with Crippen molar-refractivity contribution >= 4 is 28.6 Å². The summed E-state index contributed by atoms with van der Waals surface area (Å²) in [5.74, 6) is -3.81. The van der Waals surface area contributed by atoms with Gasteiger partial charge in [-0.3, -0.25) is 4.79 Å². The first-order valence-electron chi connectivity index (χ1n) is 11.2. The number of hydrogen-bond acceptors (Lipinski definition) is 5. The van der Waals surface area contributed by atoms with E-state index in [2.05, 4.69) is 12.2 Å². The Kier molecular flexibility index (Phi) is 11.4. The van der Waals surface area contributed by atoms with Gasteiger partial charge in [-0.2, -0.15) is 0 Å². The first kappa shape index (κ1) is 26.7. The molecule has 0 aromatic heterocycles. The van der Waals surface area contributed by atoms with Crippen LogP contribution in [-0.4, -0.2) is 52.6 Å². The van der Waals surface area contributed by atoms with Gasteiger partial charge in [-0.15, -0.1) is 0 Å². The van der Waals surface area contributed by atoms with Crippen LogP contribution in [0, 0.1) is 11.8 Å². The van der Waals surface area contributed by atoms with Crippen molar-refractivity contribution in [3.8, 4) is 0 Å². The van der Waals surface area contributed by atoms with E-state index in [1.165, 1.54) is 6.08 Å². The predicted molar refractivity (Wildman–Crippen MR) is 123 cm³/mol. The molecule has 0 aromatic rings. The molecule has 6 atom stereocenters. The van der Waals surface area contributed by atoms with Crippen molar-refractivity contribution in [3.63, 3.8) is 0 Å². The van der Waals surface area contributed by atoms with Gasteiger partial charge >= 0.3 is 5.97 Å². The largest absolute Gasteiger partial charge is 0.462 e. The number of ether oxygens (including phenoxy) is 3. The number of carbonyl (C=O) groups is 1. The van der Waals surface area contributed by atoms with Gasteiger partial charge in [0.25, 0.3) is 5.92 Å². The van der Waals surface area contributed by atoms with Crippen molar-refractivity contribution in [1.29, 1.82) is 0 Å². The highest BCUT2D eigenvalue weighted by Gasteiger charge is 2.45. The van der Waals surface area contributed by atoms with E-state index in [0.717, 1.165) is 12.8 Å². The Morgan fingerprint density at radius 1 is 1.42 bits per heavy atom. The second-order valence-corrected chi connectivity index (χ2v) is 9.26. The molecule has 0 radical (unpaired) electrons. The van der Waals surface area contributed by atoms with E-state index in [1.807, 2.05) is 29.5 Å². The second-order valence-electron chi connectivity index (χ2n) is 8.19. The highest BCUT2D eigenvalue weighted by molar-refractivity contribution is 14.1. The summed E-state index contributed by atoms with van der Waals surface area (Å²) in [6.45, 7) is 4.15. The summed E-state index contributed by atoms with van der Waals surface area (Å²) < 4.78 is 46.4. The van der Waals surface area contributed by atoms with Crippen LogP contribution in [0.3, 0.4) is 0 Å². The molecule has 1 N–H and O–H groups in total. The molecule has 5 nitrogen and oxygen atoms in total. The van der Waals surface area contributed by atoms with E-state index >= 15 is 0 Å². The molecule has 0 bridgehead atoms. The fourth-order valence-corrected chi connectivity index (χ4v) is 4.63. The molecule has 0 amide bonds. The molecular formula is C23H35F2IO5. The third kappa shape index (κ3) is 8.37. The molecule has 3 unspecified atom stereocenters. The molecule has 0 aromatic carbocycles. The van der Waals surface area contributed by atoms with Crippen LogP contribution in [0.25, 0.3) is 0 Å². The minimum absolute atomic E-state index is 0.108. The lowest BCUT2D eigenvalue weighted by Gasteiger charge is -2.26. The van der Waals surface area contributed by atoms with Crippen LogP contribution >= 0.6 is 22.6 Å². The van der Waals surface area contributed by atoms with Crippen LogP contribution in [0.2, 0.25) is 0 Å². The molecule has 8 heteroatoms. The monoisotopic (exact) mass is 556 g/mol. The van der Waals surface area contributed by atoms with Gasteiger partial charge in [0, 0.05) is 37.7 Å². The van der Waals surface area contributed by atoms with Gasteiger partial charge in [0.1, 0.15) is 12.2 Å². The summed E-state index contributed by atoms with van der Waals surface area (Å²) in [7, 11) is 0. The Hall–Kier alpha value is -0.580. The van der Waals surface area contributed by atoms with Gasteiger partial charge in [0.2, 0.25) is 0 Å². The van der Waals surface area contributed by atoms with E-state index < -0.39 is 18.3 Å². The van der Waals surface area contributed by atoms with Crippen LogP contribution in [0.1, 0.15) is 58.8 Å². The van der Waals surface area contributed by atoms with Crippen LogP contribution in [0.4, 0.5) is 8.78 Å². The summed E-state index contributed by atoms with van der Waals surface area (Å²) >= 11 is 2.05. The van der Waals surface area contributed by atoms with Crippen LogP contribution in [0.5, 0.6) is 0 Å². The van der Waals surface area contributed by atoms with Gasteiger partial charge in [-0.05, 0) is 44.0 Å². The second kappa shape index (κ2) is 13.2. The molecule has 178 valence electrons. The Morgan fingerprint density at radius 2 is 2.19 bits per heavy atom. The fraction of sp³-hybridized carbons (Fsp3) is 0.783. The summed E-state index contributed by atoms with van der Waals surface area (Å²) in [4.78, 5) is 12.2. The molecule has 2 aliphatic rings. The molecule has 1 saturated carbocycles. The molecule has 1 aliphatic carbocycles. The van der Waals surface area contributed by atoms with Gasteiger partial charge in [-0.25, -0.2) is 8.78 Å². The average Bonchev–Trinajstić information content (AvgIpc) is 3.03. The van der Waals surface area contributed by atoms with E-state index in [-0.39, 0.29) is 36.4 Å². The van der Waals surface area contributed by atoms with Crippen LogP contribution < -0.4 is 0 Å². The number of carbonyl (C=O) groups excluding carboxylic acids is 1. The third-order valence-electron chi connectivity index (χ3n) is 5.84. The quantitative estimate of drug-likeness (QED) is 0.132. The van der Waals surface area contributed by atoms with E-state index in [9.17, 15) is 18.7 Å². The first-order chi connectivity index (χ1) is 14.8. The number of aliphatic hydroxyl groups excluding tert-OH is 1. The lowest BCUT2D eigenvalue weighted by molar-refractivity contribution is -0.164. The first-order valence-corrected chi connectivity index (χ1v) is 12.7. The molecule has 1 heterocycles. The molecule has 31 heavy (non-hydrogen) atoms. The molecule has 2 rings (SSSR count). The Bertz CT molecular complexity index is 613. The van der Waals surface area contributed by atoms with Crippen LogP contribution in [-0.2, 0) is 19.0 Å². The maximum absolute atomic E-state index is 14.3. The van der Waals surface area contributed by atoms with Gasteiger partial charge in [0.05, 0.1) is 6.10 Å². The van der Waals surface area contributed by atoms with Crippen LogP contribution in [0.15, 0.2) is 24.3 Å². The summed E-state index contributed by atoms with van der Waals surface area (Å²) in [6, 6.07) is 0.